The summed E-state index contributed by atoms with van der Waals surface area (Å²) >= 11 is 0. The maximum Gasteiger partial charge on any atom is 0.243 e. The van der Waals surface area contributed by atoms with Gasteiger partial charge in [-0.3, -0.25) is 0 Å². The number of hydrogen-bond acceptors (Lipinski definition) is 5. The molecule has 0 atom stereocenters. The summed E-state index contributed by atoms with van der Waals surface area (Å²) in [5.41, 5.74) is 0. The summed E-state index contributed by atoms with van der Waals surface area (Å²) in [7, 11) is -7.10. The second kappa shape index (κ2) is 8.22. The Kier molecular flexibility index (Phi) is 6.68. The van der Waals surface area contributed by atoms with Crippen molar-refractivity contribution in [2.75, 3.05) is 25.4 Å². The van der Waals surface area contributed by atoms with E-state index in [-0.39, 0.29) is 54.9 Å². The van der Waals surface area contributed by atoms with E-state index in [0.717, 1.165) is 6.07 Å². The van der Waals surface area contributed by atoms with Crippen molar-refractivity contribution < 1.29 is 26.0 Å². The van der Waals surface area contributed by atoms with E-state index in [1.54, 1.807) is 6.92 Å². The summed E-state index contributed by atoms with van der Waals surface area (Å²) in [6.07, 6.45) is 0.515. The highest BCUT2D eigenvalue weighted by Crippen LogP contribution is 2.27. The van der Waals surface area contributed by atoms with Gasteiger partial charge in [0, 0.05) is 13.1 Å². The van der Waals surface area contributed by atoms with E-state index in [1.165, 1.54) is 16.4 Å². The average molecular weight is 408 g/mol. The second-order valence-corrected chi connectivity index (χ2v) is 11.1. The first-order chi connectivity index (χ1) is 12.1. The van der Waals surface area contributed by atoms with Gasteiger partial charge in [-0.05, 0) is 43.9 Å². The quantitative estimate of drug-likeness (QED) is 0.694. The van der Waals surface area contributed by atoms with Crippen molar-refractivity contribution in [3.8, 4) is 5.75 Å². The molecule has 0 bridgehead atoms. The van der Waals surface area contributed by atoms with Crippen LogP contribution in [0.4, 0.5) is 4.39 Å². The van der Waals surface area contributed by atoms with Crippen molar-refractivity contribution >= 4 is 19.9 Å². The van der Waals surface area contributed by atoms with Gasteiger partial charge in [0.2, 0.25) is 10.0 Å². The number of hydrogen-bond donors (Lipinski definition) is 0. The summed E-state index contributed by atoms with van der Waals surface area (Å²) in [5, 5.41) is -0.520. The molecule has 0 N–H and O–H groups in total. The van der Waals surface area contributed by atoms with Gasteiger partial charge in [0.25, 0.3) is 0 Å². The lowest BCUT2D eigenvalue weighted by atomic mass is 10.2. The molecule has 0 saturated carbocycles. The first-order valence-electron chi connectivity index (χ1n) is 8.72. The smallest absolute Gasteiger partial charge is 0.243 e. The van der Waals surface area contributed by atoms with Crippen LogP contribution in [-0.4, -0.2) is 51.8 Å². The van der Waals surface area contributed by atoms with Gasteiger partial charge >= 0.3 is 0 Å². The van der Waals surface area contributed by atoms with Crippen molar-refractivity contribution in [1.82, 2.24) is 4.31 Å². The maximum atomic E-state index is 14.0. The molecular weight excluding hydrogens is 381 g/mol. The van der Waals surface area contributed by atoms with Crippen molar-refractivity contribution in [3.63, 3.8) is 0 Å². The zero-order valence-electron chi connectivity index (χ0n) is 15.3. The van der Waals surface area contributed by atoms with Crippen molar-refractivity contribution in [3.05, 3.63) is 24.0 Å². The fraction of sp³-hybridized carbons (Fsp3) is 0.647. The first-order valence-corrected chi connectivity index (χ1v) is 11.9. The van der Waals surface area contributed by atoms with Crippen LogP contribution in [0.25, 0.3) is 0 Å². The second-order valence-electron chi connectivity index (χ2n) is 6.85. The first kappa shape index (κ1) is 21.1. The molecular formula is C17H26FNO5S2. The van der Waals surface area contributed by atoms with Gasteiger partial charge in [0.15, 0.2) is 21.4 Å². The van der Waals surface area contributed by atoms with Crippen LogP contribution in [0.1, 0.15) is 33.6 Å². The third-order valence-electron chi connectivity index (χ3n) is 4.32. The Labute approximate surface area is 155 Å². The number of ether oxygens (including phenoxy) is 1. The lowest BCUT2D eigenvalue weighted by Gasteiger charge is -2.31. The minimum atomic E-state index is -3.87. The third kappa shape index (κ3) is 4.75. The van der Waals surface area contributed by atoms with E-state index < -0.39 is 30.9 Å². The van der Waals surface area contributed by atoms with E-state index in [4.69, 9.17) is 4.74 Å². The molecule has 0 spiro atoms. The van der Waals surface area contributed by atoms with Crippen LogP contribution in [0.3, 0.4) is 0 Å². The minimum absolute atomic E-state index is 0.00457. The highest BCUT2D eigenvalue weighted by Gasteiger charge is 2.35. The maximum absolute atomic E-state index is 14.0. The fourth-order valence-electron chi connectivity index (χ4n) is 3.10. The normalized spacial score (nSPS) is 17.6. The van der Waals surface area contributed by atoms with Crippen LogP contribution in [0, 0.1) is 11.7 Å². The van der Waals surface area contributed by atoms with Crippen LogP contribution in [0.5, 0.6) is 5.75 Å². The van der Waals surface area contributed by atoms with Crippen molar-refractivity contribution in [1.29, 1.82) is 0 Å². The van der Waals surface area contributed by atoms with E-state index in [0.29, 0.717) is 0 Å². The Bertz CT molecular complexity index is 829. The molecule has 1 aliphatic rings. The van der Waals surface area contributed by atoms with E-state index in [1.807, 2.05) is 13.8 Å². The SMILES string of the molecule is CCOc1ccc(S(=O)(=O)N2CCC(S(=O)(=O)CC(C)C)CC2)cc1F. The van der Waals surface area contributed by atoms with Crippen LogP contribution < -0.4 is 4.74 Å². The Hall–Kier alpha value is -1.19. The third-order valence-corrected chi connectivity index (χ3v) is 8.83. The summed E-state index contributed by atoms with van der Waals surface area (Å²) in [5.74, 6) is -0.588. The van der Waals surface area contributed by atoms with Crippen LogP contribution >= 0.6 is 0 Å². The molecule has 1 aromatic rings. The topological polar surface area (TPSA) is 80.8 Å². The number of halogens is 1. The summed E-state index contributed by atoms with van der Waals surface area (Å²) in [6.45, 7) is 5.90. The van der Waals surface area contributed by atoms with Crippen LogP contribution in [-0.2, 0) is 19.9 Å². The number of benzene rings is 1. The average Bonchev–Trinajstić information content (AvgIpc) is 2.56. The summed E-state index contributed by atoms with van der Waals surface area (Å²) in [6, 6.07) is 3.55. The molecule has 6 nitrogen and oxygen atoms in total. The van der Waals surface area contributed by atoms with Crippen LogP contribution in [0.2, 0.25) is 0 Å². The van der Waals surface area contributed by atoms with Gasteiger partial charge in [-0.1, -0.05) is 13.8 Å². The molecule has 1 aromatic carbocycles. The molecule has 0 aromatic heterocycles. The standard InChI is InChI=1S/C17H26FNO5S2/c1-4-24-17-6-5-15(11-16(17)18)26(22,23)19-9-7-14(8-10-19)25(20,21)12-13(2)3/h5-6,11,13-14H,4,7-10,12H2,1-3H3. The van der Waals surface area contributed by atoms with Gasteiger partial charge in [-0.2, -0.15) is 4.31 Å². The Morgan fingerprint density at radius 3 is 2.31 bits per heavy atom. The highest BCUT2D eigenvalue weighted by atomic mass is 32.2. The van der Waals surface area contributed by atoms with E-state index in [9.17, 15) is 21.2 Å². The van der Waals surface area contributed by atoms with Crippen LogP contribution in [0.15, 0.2) is 23.1 Å². The molecule has 1 fully saturated rings. The molecule has 0 amide bonds. The molecule has 0 unspecified atom stereocenters. The Balaban J connectivity index is 2.12. The van der Waals surface area contributed by atoms with Gasteiger partial charge in [0.05, 0.1) is 22.5 Å². The van der Waals surface area contributed by atoms with Crippen molar-refractivity contribution in [2.45, 2.75) is 43.8 Å². The molecule has 2 rings (SSSR count). The number of sulfonamides is 1. The molecule has 1 heterocycles. The molecule has 1 saturated heterocycles. The Morgan fingerprint density at radius 2 is 1.81 bits per heavy atom. The largest absolute Gasteiger partial charge is 0.491 e. The highest BCUT2D eigenvalue weighted by molar-refractivity contribution is 7.92. The zero-order valence-corrected chi connectivity index (χ0v) is 16.9. The monoisotopic (exact) mass is 407 g/mol. The summed E-state index contributed by atoms with van der Waals surface area (Å²) in [4.78, 5) is -0.151. The van der Waals surface area contributed by atoms with Gasteiger partial charge < -0.3 is 4.74 Å². The molecule has 0 radical (unpaired) electrons. The van der Waals surface area contributed by atoms with E-state index >= 15 is 0 Å². The van der Waals surface area contributed by atoms with Gasteiger partial charge in [-0.25, -0.2) is 21.2 Å². The molecule has 1 aliphatic heterocycles. The molecule has 9 heteroatoms. The predicted molar refractivity (Wildman–Crippen MR) is 98.0 cm³/mol. The number of rotatable bonds is 7. The van der Waals surface area contributed by atoms with Gasteiger partial charge in [-0.15, -0.1) is 0 Å². The number of sulfone groups is 1. The molecule has 0 aliphatic carbocycles. The molecule has 148 valence electrons. The number of piperidine rings is 1. The molecule has 26 heavy (non-hydrogen) atoms. The predicted octanol–water partition coefficient (Wildman–Crippen LogP) is 2.45. The zero-order chi connectivity index (χ0) is 19.5. The fourth-order valence-corrected chi connectivity index (χ4v) is 6.71. The van der Waals surface area contributed by atoms with E-state index in [2.05, 4.69) is 0 Å². The Morgan fingerprint density at radius 1 is 1.19 bits per heavy atom. The lowest BCUT2D eigenvalue weighted by molar-refractivity contribution is 0.320. The minimum Gasteiger partial charge on any atom is -0.491 e. The lowest BCUT2D eigenvalue weighted by Crippen LogP contribution is -2.43. The van der Waals surface area contributed by atoms with Crippen molar-refractivity contribution in [2.24, 2.45) is 5.92 Å². The summed E-state index contributed by atoms with van der Waals surface area (Å²) < 4.78 is 70.4. The number of nitrogens with zero attached hydrogens (tertiary/aromatic N) is 1. The van der Waals surface area contributed by atoms with Gasteiger partial charge in [0.1, 0.15) is 0 Å².